The highest BCUT2D eigenvalue weighted by Crippen LogP contribution is 2.18. The van der Waals surface area contributed by atoms with Crippen LogP contribution in [-0.2, 0) is 11.3 Å². The smallest absolute Gasteiger partial charge is 0.241 e. The van der Waals surface area contributed by atoms with E-state index < -0.39 is 0 Å². The number of likely N-dealkylation sites (N-methyl/N-ethyl adjacent to an activating group) is 2. The van der Waals surface area contributed by atoms with E-state index in [2.05, 4.69) is 28.2 Å². The van der Waals surface area contributed by atoms with E-state index in [0.29, 0.717) is 12.6 Å². The summed E-state index contributed by atoms with van der Waals surface area (Å²) in [6.45, 7) is 4.38. The summed E-state index contributed by atoms with van der Waals surface area (Å²) in [5.41, 5.74) is 1.15. The lowest BCUT2D eigenvalue weighted by Gasteiger charge is -2.43. The fourth-order valence-corrected chi connectivity index (χ4v) is 2.66. The van der Waals surface area contributed by atoms with Crippen LogP contribution in [0.15, 0.2) is 24.5 Å². The Labute approximate surface area is 114 Å². The van der Waals surface area contributed by atoms with Crippen LogP contribution in [0.4, 0.5) is 0 Å². The second-order valence-electron chi connectivity index (χ2n) is 5.17. The molecule has 0 spiro atoms. The number of pyridine rings is 1. The molecule has 0 aromatic carbocycles. The summed E-state index contributed by atoms with van der Waals surface area (Å²) in [7, 11) is 3.76. The van der Waals surface area contributed by atoms with Crippen molar-refractivity contribution < 1.29 is 4.79 Å². The summed E-state index contributed by atoms with van der Waals surface area (Å²) in [6, 6.07) is 4.24. The monoisotopic (exact) mass is 262 g/mol. The second-order valence-corrected chi connectivity index (χ2v) is 5.17. The van der Waals surface area contributed by atoms with Crippen molar-refractivity contribution in [3.05, 3.63) is 30.1 Å². The SMILES string of the molecule is CNCC1C(=O)N(C)CC(C)N1Cc1cccnc1. The molecule has 0 aliphatic carbocycles. The van der Waals surface area contributed by atoms with Crippen molar-refractivity contribution in [1.29, 1.82) is 0 Å². The molecule has 5 heteroatoms. The Bertz CT molecular complexity index is 423. The number of amides is 1. The van der Waals surface area contributed by atoms with Gasteiger partial charge in [0.15, 0.2) is 0 Å². The largest absolute Gasteiger partial charge is 0.343 e. The first kappa shape index (κ1) is 14.0. The molecular weight excluding hydrogens is 240 g/mol. The highest BCUT2D eigenvalue weighted by molar-refractivity contribution is 5.82. The maximum Gasteiger partial charge on any atom is 0.241 e. The topological polar surface area (TPSA) is 48.5 Å². The Hall–Kier alpha value is -1.46. The van der Waals surface area contributed by atoms with Crippen molar-refractivity contribution in [2.75, 3.05) is 27.2 Å². The molecule has 104 valence electrons. The number of aromatic nitrogens is 1. The van der Waals surface area contributed by atoms with Gasteiger partial charge in [0.05, 0.1) is 0 Å². The van der Waals surface area contributed by atoms with Gasteiger partial charge in [-0.25, -0.2) is 0 Å². The van der Waals surface area contributed by atoms with Crippen LogP contribution >= 0.6 is 0 Å². The van der Waals surface area contributed by atoms with Crippen molar-refractivity contribution in [1.82, 2.24) is 20.1 Å². The molecule has 19 heavy (non-hydrogen) atoms. The Morgan fingerprint density at radius 1 is 1.53 bits per heavy atom. The van der Waals surface area contributed by atoms with Crippen molar-refractivity contribution in [2.24, 2.45) is 0 Å². The number of rotatable bonds is 4. The van der Waals surface area contributed by atoms with Crippen LogP contribution in [0.2, 0.25) is 0 Å². The minimum absolute atomic E-state index is 0.0982. The molecular formula is C14H22N4O. The van der Waals surface area contributed by atoms with E-state index in [9.17, 15) is 4.79 Å². The third-order valence-electron chi connectivity index (χ3n) is 3.65. The third kappa shape index (κ3) is 3.11. The van der Waals surface area contributed by atoms with Crippen LogP contribution in [0.5, 0.6) is 0 Å². The Morgan fingerprint density at radius 3 is 2.95 bits per heavy atom. The fourth-order valence-electron chi connectivity index (χ4n) is 2.66. The first-order valence-corrected chi connectivity index (χ1v) is 6.67. The first-order valence-electron chi connectivity index (χ1n) is 6.67. The Balaban J connectivity index is 2.17. The maximum absolute atomic E-state index is 12.3. The van der Waals surface area contributed by atoms with Gasteiger partial charge in [-0.1, -0.05) is 6.07 Å². The van der Waals surface area contributed by atoms with Gasteiger partial charge < -0.3 is 10.2 Å². The standard InChI is InChI=1S/C14H22N4O/c1-11-9-17(3)14(19)13(8-15-2)18(11)10-12-5-4-6-16-7-12/h4-7,11,13,15H,8-10H2,1-3H3. The molecule has 5 nitrogen and oxygen atoms in total. The van der Waals surface area contributed by atoms with Crippen molar-refractivity contribution >= 4 is 5.91 Å². The molecule has 2 heterocycles. The molecule has 1 fully saturated rings. The number of carbonyl (C=O) groups is 1. The van der Waals surface area contributed by atoms with E-state index in [4.69, 9.17) is 0 Å². The minimum Gasteiger partial charge on any atom is -0.343 e. The van der Waals surface area contributed by atoms with Gasteiger partial charge in [0.1, 0.15) is 6.04 Å². The van der Waals surface area contributed by atoms with Crippen LogP contribution in [-0.4, -0.2) is 60.0 Å². The zero-order valence-electron chi connectivity index (χ0n) is 11.8. The zero-order chi connectivity index (χ0) is 13.8. The Kier molecular flexibility index (Phi) is 4.50. The molecule has 1 saturated heterocycles. The number of carbonyl (C=O) groups excluding carboxylic acids is 1. The molecule has 2 rings (SSSR count). The summed E-state index contributed by atoms with van der Waals surface area (Å²) in [5, 5.41) is 3.12. The van der Waals surface area contributed by atoms with Crippen LogP contribution in [0.3, 0.4) is 0 Å². The summed E-state index contributed by atoms with van der Waals surface area (Å²) in [4.78, 5) is 20.5. The van der Waals surface area contributed by atoms with Crippen molar-refractivity contribution in [3.8, 4) is 0 Å². The number of piperazine rings is 1. The van der Waals surface area contributed by atoms with Crippen LogP contribution in [0.1, 0.15) is 12.5 Å². The second kappa shape index (κ2) is 6.12. The summed E-state index contributed by atoms with van der Waals surface area (Å²) >= 11 is 0. The van der Waals surface area contributed by atoms with E-state index in [-0.39, 0.29) is 11.9 Å². The Morgan fingerprint density at radius 2 is 2.32 bits per heavy atom. The number of nitrogens with zero attached hydrogens (tertiary/aromatic N) is 3. The number of hydrogen-bond donors (Lipinski definition) is 1. The van der Waals surface area contributed by atoms with Gasteiger partial charge in [0, 0.05) is 45.1 Å². The van der Waals surface area contributed by atoms with Crippen LogP contribution in [0, 0.1) is 0 Å². The molecule has 0 radical (unpaired) electrons. The van der Waals surface area contributed by atoms with E-state index in [0.717, 1.165) is 18.7 Å². The summed E-state index contributed by atoms with van der Waals surface area (Å²) < 4.78 is 0. The molecule has 0 saturated carbocycles. The normalized spacial score (nSPS) is 24.8. The lowest BCUT2D eigenvalue weighted by atomic mass is 10.0. The van der Waals surface area contributed by atoms with E-state index in [1.54, 1.807) is 6.20 Å². The lowest BCUT2D eigenvalue weighted by Crippen LogP contribution is -2.62. The van der Waals surface area contributed by atoms with Gasteiger partial charge >= 0.3 is 0 Å². The molecule has 1 aliphatic heterocycles. The fraction of sp³-hybridized carbons (Fsp3) is 0.571. The van der Waals surface area contributed by atoms with Crippen LogP contribution in [0.25, 0.3) is 0 Å². The van der Waals surface area contributed by atoms with Crippen molar-refractivity contribution in [2.45, 2.75) is 25.6 Å². The minimum atomic E-state index is -0.0982. The first-order chi connectivity index (χ1) is 9.13. The molecule has 1 amide bonds. The van der Waals surface area contributed by atoms with Gasteiger partial charge in [-0.3, -0.25) is 14.7 Å². The predicted molar refractivity (Wildman–Crippen MR) is 74.6 cm³/mol. The maximum atomic E-state index is 12.3. The van der Waals surface area contributed by atoms with Crippen LogP contribution < -0.4 is 5.32 Å². The summed E-state index contributed by atoms with van der Waals surface area (Å²) in [6.07, 6.45) is 3.64. The third-order valence-corrected chi connectivity index (χ3v) is 3.65. The average molecular weight is 262 g/mol. The summed E-state index contributed by atoms with van der Waals surface area (Å²) in [5.74, 6) is 0.191. The van der Waals surface area contributed by atoms with Gasteiger partial charge in [0.25, 0.3) is 0 Å². The molecule has 1 N–H and O–H groups in total. The highest BCUT2D eigenvalue weighted by Gasteiger charge is 2.36. The number of nitrogens with one attached hydrogen (secondary N) is 1. The van der Waals surface area contributed by atoms with Gasteiger partial charge in [-0.15, -0.1) is 0 Å². The molecule has 1 aromatic rings. The number of hydrogen-bond acceptors (Lipinski definition) is 4. The average Bonchev–Trinajstić information content (AvgIpc) is 2.41. The molecule has 1 aromatic heterocycles. The molecule has 0 bridgehead atoms. The van der Waals surface area contributed by atoms with E-state index in [1.165, 1.54) is 0 Å². The van der Waals surface area contributed by atoms with Gasteiger partial charge in [-0.2, -0.15) is 0 Å². The quantitative estimate of drug-likeness (QED) is 0.849. The van der Waals surface area contributed by atoms with Gasteiger partial charge in [-0.05, 0) is 25.6 Å². The zero-order valence-corrected chi connectivity index (χ0v) is 11.8. The van der Waals surface area contributed by atoms with E-state index in [1.807, 2.05) is 31.3 Å². The van der Waals surface area contributed by atoms with E-state index >= 15 is 0 Å². The lowest BCUT2D eigenvalue weighted by molar-refractivity contribution is -0.143. The predicted octanol–water partition coefficient (Wildman–Crippen LogP) is 0.332. The van der Waals surface area contributed by atoms with Crippen molar-refractivity contribution in [3.63, 3.8) is 0 Å². The van der Waals surface area contributed by atoms with Gasteiger partial charge in [0.2, 0.25) is 5.91 Å². The highest BCUT2D eigenvalue weighted by atomic mass is 16.2. The molecule has 2 atom stereocenters. The molecule has 2 unspecified atom stereocenters. The molecule has 1 aliphatic rings.